The van der Waals surface area contributed by atoms with Gasteiger partial charge in [0.25, 0.3) is 5.91 Å². The largest absolute Gasteiger partial charge is 0.506 e. The van der Waals surface area contributed by atoms with Crippen molar-refractivity contribution in [1.82, 2.24) is 5.43 Å². The number of hydrazone groups is 1. The SMILES string of the molecule is O=C(N/N=C\c1cc(Br)cc(Br)c1O)c1cccc(C(F)(F)F)c1. The van der Waals surface area contributed by atoms with Crippen LogP contribution in [0.25, 0.3) is 0 Å². The lowest BCUT2D eigenvalue weighted by Gasteiger charge is -2.07. The smallest absolute Gasteiger partial charge is 0.416 e. The predicted octanol–water partition coefficient (Wildman–Crippen LogP) is 4.70. The maximum atomic E-state index is 12.6. The van der Waals surface area contributed by atoms with Gasteiger partial charge in [0.05, 0.1) is 16.3 Å². The molecule has 0 aliphatic rings. The van der Waals surface area contributed by atoms with Crippen molar-refractivity contribution in [2.75, 3.05) is 0 Å². The van der Waals surface area contributed by atoms with E-state index in [1.54, 1.807) is 12.1 Å². The third-order valence-corrected chi connectivity index (χ3v) is 3.94. The average Bonchev–Trinajstić information content (AvgIpc) is 2.51. The van der Waals surface area contributed by atoms with E-state index in [4.69, 9.17) is 0 Å². The van der Waals surface area contributed by atoms with Crippen LogP contribution in [0.15, 0.2) is 50.4 Å². The molecule has 2 N–H and O–H groups in total. The molecule has 0 aliphatic heterocycles. The number of phenols is 1. The van der Waals surface area contributed by atoms with Gasteiger partial charge < -0.3 is 5.11 Å². The highest BCUT2D eigenvalue weighted by molar-refractivity contribution is 9.11. The van der Waals surface area contributed by atoms with Gasteiger partial charge in [0.1, 0.15) is 5.75 Å². The van der Waals surface area contributed by atoms with Crippen LogP contribution in [0.4, 0.5) is 13.2 Å². The quantitative estimate of drug-likeness (QED) is 0.509. The number of carbonyl (C=O) groups excluding carboxylic acids is 1. The molecular formula is C15H9Br2F3N2O2. The molecule has 2 aromatic rings. The first-order valence-electron chi connectivity index (χ1n) is 6.37. The molecule has 0 bridgehead atoms. The second-order valence-electron chi connectivity index (χ2n) is 4.60. The van der Waals surface area contributed by atoms with Crippen LogP contribution in [0.2, 0.25) is 0 Å². The number of amides is 1. The Morgan fingerprint density at radius 2 is 1.92 bits per heavy atom. The minimum absolute atomic E-state index is 0.0877. The van der Waals surface area contributed by atoms with E-state index in [1.807, 2.05) is 0 Å². The van der Waals surface area contributed by atoms with Crippen molar-refractivity contribution in [3.63, 3.8) is 0 Å². The molecule has 1 amide bonds. The molecular weight excluding hydrogens is 457 g/mol. The van der Waals surface area contributed by atoms with E-state index in [-0.39, 0.29) is 11.3 Å². The first-order valence-corrected chi connectivity index (χ1v) is 7.96. The molecule has 0 aromatic heterocycles. The lowest BCUT2D eigenvalue weighted by molar-refractivity contribution is -0.137. The van der Waals surface area contributed by atoms with Gasteiger partial charge in [-0.25, -0.2) is 5.43 Å². The van der Waals surface area contributed by atoms with E-state index >= 15 is 0 Å². The van der Waals surface area contributed by atoms with Crippen molar-refractivity contribution < 1.29 is 23.1 Å². The normalized spacial score (nSPS) is 11.7. The lowest BCUT2D eigenvalue weighted by Crippen LogP contribution is -2.18. The van der Waals surface area contributed by atoms with E-state index in [1.165, 1.54) is 12.3 Å². The molecule has 0 unspecified atom stereocenters. The molecule has 2 aromatic carbocycles. The molecule has 0 heterocycles. The zero-order chi connectivity index (χ0) is 17.9. The monoisotopic (exact) mass is 464 g/mol. The Labute approximate surface area is 151 Å². The van der Waals surface area contributed by atoms with Crippen LogP contribution in [0.3, 0.4) is 0 Å². The molecule has 0 fully saturated rings. The average molecular weight is 466 g/mol. The van der Waals surface area contributed by atoms with Gasteiger partial charge in [0.15, 0.2) is 0 Å². The van der Waals surface area contributed by atoms with Crippen LogP contribution in [0.5, 0.6) is 5.75 Å². The molecule has 4 nitrogen and oxygen atoms in total. The molecule has 0 aliphatic carbocycles. The highest BCUT2D eigenvalue weighted by atomic mass is 79.9. The van der Waals surface area contributed by atoms with Crippen LogP contribution >= 0.6 is 31.9 Å². The van der Waals surface area contributed by atoms with E-state index in [9.17, 15) is 23.1 Å². The van der Waals surface area contributed by atoms with Gasteiger partial charge in [-0.05, 0) is 46.3 Å². The molecule has 2 rings (SSSR count). The molecule has 0 radical (unpaired) electrons. The van der Waals surface area contributed by atoms with Crippen molar-refractivity contribution in [2.24, 2.45) is 5.10 Å². The van der Waals surface area contributed by atoms with E-state index < -0.39 is 17.6 Å². The van der Waals surface area contributed by atoms with Gasteiger partial charge in [0, 0.05) is 15.6 Å². The number of rotatable bonds is 3. The predicted molar refractivity (Wildman–Crippen MR) is 90.0 cm³/mol. The molecule has 0 saturated heterocycles. The Morgan fingerprint density at radius 3 is 2.58 bits per heavy atom. The summed E-state index contributed by atoms with van der Waals surface area (Å²) >= 11 is 6.38. The number of phenolic OH excluding ortho intramolecular Hbond substituents is 1. The Morgan fingerprint density at radius 1 is 1.21 bits per heavy atom. The fourth-order valence-corrected chi connectivity index (χ4v) is 3.00. The Kier molecular flexibility index (Phi) is 5.66. The van der Waals surface area contributed by atoms with E-state index in [2.05, 4.69) is 42.4 Å². The van der Waals surface area contributed by atoms with Gasteiger partial charge in [-0.1, -0.05) is 22.0 Å². The summed E-state index contributed by atoms with van der Waals surface area (Å²) < 4.78 is 39.0. The highest BCUT2D eigenvalue weighted by Crippen LogP contribution is 2.31. The van der Waals surface area contributed by atoms with Crippen LogP contribution in [-0.4, -0.2) is 17.2 Å². The van der Waals surface area contributed by atoms with Crippen LogP contribution in [0, 0.1) is 0 Å². The number of alkyl halides is 3. The maximum Gasteiger partial charge on any atom is 0.416 e. The van der Waals surface area contributed by atoms with Crippen molar-refractivity contribution in [3.8, 4) is 5.75 Å². The van der Waals surface area contributed by atoms with Crippen molar-refractivity contribution in [1.29, 1.82) is 0 Å². The zero-order valence-corrected chi connectivity index (χ0v) is 14.9. The third kappa shape index (κ3) is 4.57. The number of halogens is 5. The number of carbonyl (C=O) groups is 1. The molecule has 24 heavy (non-hydrogen) atoms. The van der Waals surface area contributed by atoms with Crippen molar-refractivity contribution in [2.45, 2.75) is 6.18 Å². The van der Waals surface area contributed by atoms with Crippen LogP contribution in [0.1, 0.15) is 21.5 Å². The van der Waals surface area contributed by atoms with Gasteiger partial charge in [-0.15, -0.1) is 0 Å². The minimum Gasteiger partial charge on any atom is -0.506 e. The number of nitrogens with zero attached hydrogens (tertiary/aromatic N) is 1. The highest BCUT2D eigenvalue weighted by Gasteiger charge is 2.30. The number of hydrogen-bond donors (Lipinski definition) is 2. The van der Waals surface area contributed by atoms with Crippen LogP contribution < -0.4 is 5.43 Å². The summed E-state index contributed by atoms with van der Waals surface area (Å²) in [6, 6.07) is 7.16. The van der Waals surface area contributed by atoms with Gasteiger partial charge in [0.2, 0.25) is 0 Å². The van der Waals surface area contributed by atoms with E-state index in [0.29, 0.717) is 14.5 Å². The summed E-state index contributed by atoms with van der Waals surface area (Å²) in [7, 11) is 0. The Bertz CT molecular complexity index is 808. The van der Waals surface area contributed by atoms with Gasteiger partial charge in [-0.3, -0.25) is 4.79 Å². The third-order valence-electron chi connectivity index (χ3n) is 2.88. The summed E-state index contributed by atoms with van der Waals surface area (Å²) in [4.78, 5) is 11.9. The maximum absolute atomic E-state index is 12.6. The summed E-state index contributed by atoms with van der Waals surface area (Å²) in [5.41, 5.74) is 1.32. The minimum atomic E-state index is -4.53. The summed E-state index contributed by atoms with van der Waals surface area (Å²) in [6.45, 7) is 0. The van der Waals surface area contributed by atoms with Gasteiger partial charge >= 0.3 is 6.18 Å². The van der Waals surface area contributed by atoms with Crippen molar-refractivity contribution in [3.05, 3.63) is 62.0 Å². The van der Waals surface area contributed by atoms with Crippen LogP contribution in [-0.2, 0) is 6.18 Å². The second kappa shape index (κ2) is 7.35. The Hall–Kier alpha value is -1.87. The number of benzene rings is 2. The molecule has 0 atom stereocenters. The van der Waals surface area contributed by atoms with Crippen molar-refractivity contribution >= 4 is 44.0 Å². The first-order chi connectivity index (χ1) is 11.2. The second-order valence-corrected chi connectivity index (χ2v) is 6.37. The fourth-order valence-electron chi connectivity index (χ4n) is 1.75. The molecule has 9 heteroatoms. The molecule has 126 valence electrons. The zero-order valence-electron chi connectivity index (χ0n) is 11.7. The number of nitrogens with one attached hydrogen (secondary N) is 1. The van der Waals surface area contributed by atoms with E-state index in [0.717, 1.165) is 18.2 Å². The fraction of sp³-hybridized carbons (Fsp3) is 0.0667. The summed E-state index contributed by atoms with van der Waals surface area (Å²) in [5, 5.41) is 13.5. The molecule has 0 spiro atoms. The van der Waals surface area contributed by atoms with Gasteiger partial charge in [-0.2, -0.15) is 18.3 Å². The first kappa shape index (κ1) is 18.5. The Balaban J connectivity index is 2.14. The molecule has 0 saturated carbocycles. The lowest BCUT2D eigenvalue weighted by atomic mass is 10.1. The number of hydrogen-bond acceptors (Lipinski definition) is 3. The summed E-state index contributed by atoms with van der Waals surface area (Å²) in [5.74, 6) is -0.888. The topological polar surface area (TPSA) is 61.7 Å². The number of aromatic hydroxyl groups is 1. The summed E-state index contributed by atoms with van der Waals surface area (Å²) in [6.07, 6.45) is -3.36. The standard InChI is InChI=1S/C15H9Br2F3N2O2/c16-11-5-9(13(23)12(17)6-11)7-21-22-14(24)8-2-1-3-10(4-8)15(18,19)20/h1-7,23H,(H,22,24)/b21-7-.